The summed E-state index contributed by atoms with van der Waals surface area (Å²) in [6, 6.07) is 11.0. The molecule has 0 amide bonds. The lowest BCUT2D eigenvalue weighted by Gasteiger charge is -2.26. The van der Waals surface area contributed by atoms with Gasteiger partial charge in [-0.3, -0.25) is 0 Å². The lowest BCUT2D eigenvalue weighted by Crippen LogP contribution is -2.10. The molecule has 0 saturated heterocycles. The Morgan fingerprint density at radius 2 is 1.39 bits per heavy atom. The van der Waals surface area contributed by atoms with Gasteiger partial charge in [0.2, 0.25) is 5.82 Å². The summed E-state index contributed by atoms with van der Waals surface area (Å²) >= 11 is 0. The molecule has 0 radical (unpaired) electrons. The predicted octanol–water partition coefficient (Wildman–Crippen LogP) is 8.38. The van der Waals surface area contributed by atoms with Crippen molar-refractivity contribution in [3.8, 4) is 16.9 Å². The summed E-state index contributed by atoms with van der Waals surface area (Å²) in [5.41, 5.74) is 2.28. The van der Waals surface area contributed by atoms with Crippen LogP contribution in [-0.2, 0) is 0 Å². The third-order valence-electron chi connectivity index (χ3n) is 5.06. The molecule has 0 aliphatic heterocycles. The Labute approximate surface area is 170 Å². The van der Waals surface area contributed by atoms with Gasteiger partial charge in [0, 0.05) is 5.56 Å². The molecule has 3 rings (SSSR count). The van der Waals surface area contributed by atoms with Crippen LogP contribution in [0.1, 0.15) is 78.7 Å². The fourth-order valence-electron chi connectivity index (χ4n) is 3.55. The Morgan fingerprint density at radius 1 is 0.821 bits per heavy atom. The topological polar surface area (TPSA) is 9.23 Å². The van der Waals surface area contributed by atoms with Gasteiger partial charge in [0.25, 0.3) is 0 Å². The van der Waals surface area contributed by atoms with Crippen LogP contribution in [0.25, 0.3) is 11.1 Å². The fourth-order valence-corrected chi connectivity index (χ4v) is 3.55. The zero-order valence-electron chi connectivity index (χ0n) is 18.3. The molecule has 28 heavy (non-hydrogen) atoms. The lowest BCUT2D eigenvalue weighted by molar-refractivity contribution is 0.314. The summed E-state index contributed by atoms with van der Waals surface area (Å²) in [5, 5.41) is 0. The second kappa shape index (κ2) is 12.5. The molecule has 1 aliphatic rings. The van der Waals surface area contributed by atoms with E-state index in [1.165, 1.54) is 37.3 Å². The van der Waals surface area contributed by atoms with E-state index >= 15 is 0 Å². The van der Waals surface area contributed by atoms with Crippen LogP contribution in [0.4, 0.5) is 8.78 Å². The molecule has 1 fully saturated rings. The summed E-state index contributed by atoms with van der Waals surface area (Å²) in [6.45, 7) is 12.4. The molecule has 0 N–H and O–H groups in total. The average Bonchev–Trinajstić information content (AvgIpc) is 2.75. The van der Waals surface area contributed by atoms with Crippen molar-refractivity contribution in [3.63, 3.8) is 0 Å². The molecular weight excluding hydrogens is 354 g/mol. The molecule has 0 atom stereocenters. The van der Waals surface area contributed by atoms with Gasteiger partial charge >= 0.3 is 0 Å². The Balaban J connectivity index is 0.000000921. The van der Waals surface area contributed by atoms with Crippen molar-refractivity contribution >= 4 is 0 Å². The van der Waals surface area contributed by atoms with Gasteiger partial charge in [-0.05, 0) is 54.9 Å². The van der Waals surface area contributed by atoms with E-state index < -0.39 is 11.6 Å². The van der Waals surface area contributed by atoms with Crippen LogP contribution in [0.3, 0.4) is 0 Å². The molecule has 2 aromatic carbocycles. The van der Waals surface area contributed by atoms with Crippen molar-refractivity contribution < 1.29 is 13.5 Å². The maximum Gasteiger partial charge on any atom is 0.201 e. The molecule has 1 saturated carbocycles. The van der Waals surface area contributed by atoms with Gasteiger partial charge < -0.3 is 4.74 Å². The highest BCUT2D eigenvalue weighted by atomic mass is 19.2. The van der Waals surface area contributed by atoms with Crippen LogP contribution in [-0.4, -0.2) is 6.61 Å². The van der Waals surface area contributed by atoms with Gasteiger partial charge in [-0.25, -0.2) is 4.39 Å². The van der Waals surface area contributed by atoms with E-state index in [-0.39, 0.29) is 11.3 Å². The zero-order chi connectivity index (χ0) is 21.1. The minimum Gasteiger partial charge on any atom is -0.491 e. The monoisotopic (exact) mass is 390 g/mol. The fraction of sp³-hybridized carbons (Fsp3) is 0.520. The van der Waals surface area contributed by atoms with E-state index in [2.05, 4.69) is 19.1 Å². The molecule has 0 unspecified atom stereocenters. The number of ether oxygens (including phenoxy) is 1. The van der Waals surface area contributed by atoms with E-state index in [1.54, 1.807) is 13.0 Å². The van der Waals surface area contributed by atoms with E-state index in [4.69, 9.17) is 4.74 Å². The largest absolute Gasteiger partial charge is 0.491 e. The molecule has 2 aromatic rings. The molecule has 1 aliphatic carbocycles. The summed E-state index contributed by atoms with van der Waals surface area (Å²) in [7, 11) is 0. The van der Waals surface area contributed by atoms with E-state index in [0.29, 0.717) is 18.1 Å². The molecule has 0 spiro atoms. The maximum atomic E-state index is 14.3. The van der Waals surface area contributed by atoms with E-state index in [1.807, 2.05) is 39.8 Å². The molecule has 3 heteroatoms. The van der Waals surface area contributed by atoms with Gasteiger partial charge in [-0.1, -0.05) is 71.7 Å². The highest BCUT2D eigenvalue weighted by molar-refractivity contribution is 5.65. The second-order valence-corrected chi connectivity index (χ2v) is 6.75. The highest BCUT2D eigenvalue weighted by Gasteiger charge is 2.20. The van der Waals surface area contributed by atoms with Gasteiger partial charge in [-0.15, -0.1) is 0 Å². The van der Waals surface area contributed by atoms with E-state index in [0.717, 1.165) is 5.92 Å². The SMILES string of the molecule is CC.CC.CCOc1ccc(-c2ccc(C3CCC(C)CC3)cc2)c(F)c1F. The van der Waals surface area contributed by atoms with Crippen molar-refractivity contribution in [2.75, 3.05) is 6.61 Å². The predicted molar refractivity (Wildman–Crippen MR) is 116 cm³/mol. The van der Waals surface area contributed by atoms with Crippen molar-refractivity contribution in [2.24, 2.45) is 5.92 Å². The third kappa shape index (κ3) is 6.05. The van der Waals surface area contributed by atoms with Gasteiger partial charge in [0.05, 0.1) is 6.61 Å². The number of hydrogen-bond donors (Lipinski definition) is 0. The first-order chi connectivity index (χ1) is 13.6. The highest BCUT2D eigenvalue weighted by Crippen LogP contribution is 2.37. The van der Waals surface area contributed by atoms with Crippen molar-refractivity contribution in [2.45, 2.75) is 73.1 Å². The molecule has 0 heterocycles. The summed E-state index contributed by atoms with van der Waals surface area (Å²) in [4.78, 5) is 0. The maximum absolute atomic E-state index is 14.3. The number of halogens is 2. The number of rotatable bonds is 4. The first-order valence-corrected chi connectivity index (χ1v) is 10.8. The van der Waals surface area contributed by atoms with Crippen LogP contribution >= 0.6 is 0 Å². The van der Waals surface area contributed by atoms with Crippen molar-refractivity contribution in [1.29, 1.82) is 0 Å². The standard InChI is InChI=1S/C21H24F2O.2C2H6/c1-3-24-19-13-12-18(20(22)21(19)23)17-10-8-16(9-11-17)15-6-4-14(2)5-7-15;2*1-2/h8-15H,3-7H2,1-2H3;2*1-2H3. The van der Waals surface area contributed by atoms with Gasteiger partial charge in [0.1, 0.15) is 0 Å². The zero-order valence-corrected chi connectivity index (χ0v) is 18.3. The van der Waals surface area contributed by atoms with Gasteiger partial charge in [-0.2, -0.15) is 4.39 Å². The van der Waals surface area contributed by atoms with Gasteiger partial charge in [0.15, 0.2) is 11.6 Å². The van der Waals surface area contributed by atoms with Crippen molar-refractivity contribution in [1.82, 2.24) is 0 Å². The van der Waals surface area contributed by atoms with Crippen molar-refractivity contribution in [3.05, 3.63) is 53.6 Å². The first-order valence-electron chi connectivity index (χ1n) is 10.8. The molecular formula is C25H36F2O. The molecule has 0 aromatic heterocycles. The molecule has 0 bridgehead atoms. The van der Waals surface area contributed by atoms with Crippen LogP contribution in [0.5, 0.6) is 5.75 Å². The smallest absolute Gasteiger partial charge is 0.201 e. The Morgan fingerprint density at radius 3 is 1.93 bits per heavy atom. The molecule has 156 valence electrons. The summed E-state index contributed by atoms with van der Waals surface area (Å²) in [5.74, 6) is -0.384. The second-order valence-electron chi connectivity index (χ2n) is 6.75. The Bertz CT molecular complexity index is 686. The van der Waals surface area contributed by atoms with Crippen LogP contribution in [0, 0.1) is 17.6 Å². The first kappa shape index (κ1) is 24.1. The van der Waals surface area contributed by atoms with Crippen LogP contribution < -0.4 is 4.74 Å². The minimum absolute atomic E-state index is 0.0355. The molecule has 1 nitrogen and oxygen atoms in total. The number of hydrogen-bond acceptors (Lipinski definition) is 1. The average molecular weight is 391 g/mol. The number of benzene rings is 2. The normalized spacial score (nSPS) is 18.3. The third-order valence-corrected chi connectivity index (χ3v) is 5.06. The van der Waals surface area contributed by atoms with Crippen LogP contribution in [0.15, 0.2) is 36.4 Å². The summed E-state index contributed by atoms with van der Waals surface area (Å²) in [6.07, 6.45) is 4.97. The Hall–Kier alpha value is -1.90. The lowest BCUT2D eigenvalue weighted by atomic mass is 9.79. The minimum atomic E-state index is -0.917. The van der Waals surface area contributed by atoms with E-state index in [9.17, 15) is 8.78 Å². The van der Waals surface area contributed by atoms with Crippen LogP contribution in [0.2, 0.25) is 0 Å². The quantitative estimate of drug-likeness (QED) is 0.509. The summed E-state index contributed by atoms with van der Waals surface area (Å²) < 4.78 is 33.5. The Kier molecular flexibility index (Phi) is 10.8.